The third-order valence-electron chi connectivity index (χ3n) is 3.60. The lowest BCUT2D eigenvalue weighted by atomic mass is 10.1. The lowest BCUT2D eigenvalue weighted by Gasteiger charge is -2.16. The molecule has 2 aromatic rings. The van der Waals surface area contributed by atoms with Gasteiger partial charge in [0.15, 0.2) is 17.4 Å². The lowest BCUT2D eigenvalue weighted by molar-refractivity contribution is -0.113. The summed E-state index contributed by atoms with van der Waals surface area (Å²) in [6.45, 7) is -0.484. The molecular formula is C12H14BrN5O6. The summed E-state index contributed by atoms with van der Waals surface area (Å²) in [6, 6.07) is 0. The average Bonchev–Trinajstić information content (AvgIpc) is 3.10. The predicted octanol–water partition coefficient (Wildman–Crippen LogP) is -1.94. The minimum Gasteiger partial charge on any atom is -0.394 e. The number of anilines is 1. The number of hydrogen-bond donors (Lipinski definition) is 5. The Morgan fingerprint density at radius 1 is 1.46 bits per heavy atom. The molecule has 1 saturated heterocycles. The fourth-order valence-electron chi connectivity index (χ4n) is 2.45. The molecule has 0 aliphatic carbocycles. The van der Waals surface area contributed by atoms with Gasteiger partial charge < -0.3 is 20.1 Å². The molecule has 2 aromatic heterocycles. The minimum atomic E-state index is -1.35. The highest BCUT2D eigenvalue weighted by atomic mass is 79.9. The van der Waals surface area contributed by atoms with Crippen molar-refractivity contribution in [2.75, 3.05) is 17.3 Å². The van der Waals surface area contributed by atoms with E-state index in [1.807, 2.05) is 0 Å². The van der Waals surface area contributed by atoms with Gasteiger partial charge in [-0.2, -0.15) is 4.98 Å². The summed E-state index contributed by atoms with van der Waals surface area (Å²) in [7, 11) is 0. The normalized spacial score (nSPS) is 26.8. The van der Waals surface area contributed by atoms with E-state index in [1.165, 1.54) is 10.9 Å². The van der Waals surface area contributed by atoms with Crippen LogP contribution in [0.2, 0.25) is 0 Å². The highest BCUT2D eigenvalue weighted by Gasteiger charge is 2.44. The maximum atomic E-state index is 12.0. The van der Waals surface area contributed by atoms with E-state index in [1.54, 1.807) is 0 Å². The van der Waals surface area contributed by atoms with Crippen LogP contribution in [-0.4, -0.2) is 71.0 Å². The number of aromatic nitrogens is 4. The van der Waals surface area contributed by atoms with Crippen LogP contribution in [0.15, 0.2) is 11.1 Å². The van der Waals surface area contributed by atoms with Crippen molar-refractivity contribution in [2.24, 2.45) is 0 Å². The molecule has 24 heavy (non-hydrogen) atoms. The molecule has 5 N–H and O–H groups in total. The van der Waals surface area contributed by atoms with Gasteiger partial charge in [-0.05, 0) is 0 Å². The van der Waals surface area contributed by atoms with Crippen molar-refractivity contribution in [1.82, 2.24) is 19.5 Å². The molecule has 130 valence electrons. The first-order chi connectivity index (χ1) is 11.5. The standard InChI is InChI=1S/C12H14BrN5O6/c13-1-5(20)15-12-16-9-6(10(23)17-12)14-3-18(9)11-8(22)7(21)4(2-19)24-11/h3-4,7-8,11,19,21-22H,1-2H2,(H2,15,16,17,20,23)/t4-,7-,8-,11-/m0/s1. The van der Waals surface area contributed by atoms with Gasteiger partial charge in [0.1, 0.15) is 18.3 Å². The average molecular weight is 404 g/mol. The summed E-state index contributed by atoms with van der Waals surface area (Å²) in [5.74, 6) is -0.512. The molecule has 3 rings (SSSR count). The van der Waals surface area contributed by atoms with Crippen LogP contribution >= 0.6 is 15.9 Å². The number of H-pyrrole nitrogens is 1. The van der Waals surface area contributed by atoms with Crippen LogP contribution in [0.5, 0.6) is 0 Å². The number of alkyl halides is 1. The molecule has 0 saturated carbocycles. The number of imidazole rings is 1. The molecule has 0 unspecified atom stereocenters. The topological polar surface area (TPSA) is 163 Å². The molecule has 3 heterocycles. The molecular weight excluding hydrogens is 390 g/mol. The third-order valence-corrected chi connectivity index (χ3v) is 4.11. The first kappa shape index (κ1) is 17.0. The summed E-state index contributed by atoms with van der Waals surface area (Å²) in [5, 5.41) is 31.5. The van der Waals surface area contributed by atoms with Crippen molar-refractivity contribution < 1.29 is 24.9 Å². The highest BCUT2D eigenvalue weighted by Crippen LogP contribution is 2.30. The number of carbonyl (C=O) groups is 1. The number of aromatic amines is 1. The van der Waals surface area contributed by atoms with Gasteiger partial charge >= 0.3 is 0 Å². The van der Waals surface area contributed by atoms with E-state index < -0.39 is 42.6 Å². The van der Waals surface area contributed by atoms with Crippen LogP contribution in [0.3, 0.4) is 0 Å². The summed E-state index contributed by atoms with van der Waals surface area (Å²) < 4.78 is 6.66. The number of ether oxygens (including phenoxy) is 1. The van der Waals surface area contributed by atoms with E-state index in [4.69, 9.17) is 9.84 Å². The number of carbonyl (C=O) groups excluding carboxylic acids is 1. The van der Waals surface area contributed by atoms with E-state index in [9.17, 15) is 19.8 Å². The second-order valence-corrected chi connectivity index (χ2v) is 5.71. The van der Waals surface area contributed by atoms with Crippen LogP contribution in [-0.2, 0) is 9.53 Å². The molecule has 1 amide bonds. The first-order valence-corrected chi connectivity index (χ1v) is 8.03. The van der Waals surface area contributed by atoms with E-state index in [0.717, 1.165) is 0 Å². The summed E-state index contributed by atoms with van der Waals surface area (Å²) >= 11 is 2.98. The zero-order valence-corrected chi connectivity index (χ0v) is 13.7. The Morgan fingerprint density at radius 3 is 2.83 bits per heavy atom. The summed E-state index contributed by atoms with van der Waals surface area (Å²) in [6.07, 6.45) is -3.48. The fraction of sp³-hybridized carbons (Fsp3) is 0.500. The van der Waals surface area contributed by atoms with Gasteiger partial charge in [0.05, 0.1) is 18.3 Å². The Kier molecular flexibility index (Phi) is 4.64. The third kappa shape index (κ3) is 2.82. The van der Waals surface area contributed by atoms with Gasteiger partial charge in [-0.25, -0.2) is 4.98 Å². The number of aliphatic hydroxyl groups excluding tert-OH is 3. The SMILES string of the molecule is O=C(CBr)Nc1nc2c(ncn2[C@H]2O[C@@H](CO)[C@H](O)[C@@H]2O)c(=O)[nH]1. The number of fused-ring (bicyclic) bond motifs is 1. The number of nitrogens with one attached hydrogen (secondary N) is 2. The second-order valence-electron chi connectivity index (χ2n) is 5.15. The van der Waals surface area contributed by atoms with Gasteiger partial charge in [0.2, 0.25) is 11.9 Å². The van der Waals surface area contributed by atoms with Gasteiger partial charge in [0.25, 0.3) is 5.56 Å². The monoisotopic (exact) mass is 403 g/mol. The van der Waals surface area contributed by atoms with Crippen molar-refractivity contribution in [3.8, 4) is 0 Å². The molecule has 11 nitrogen and oxygen atoms in total. The van der Waals surface area contributed by atoms with Crippen LogP contribution in [0.25, 0.3) is 11.2 Å². The van der Waals surface area contributed by atoms with Crippen LogP contribution < -0.4 is 10.9 Å². The molecule has 0 bridgehead atoms. The maximum absolute atomic E-state index is 12.0. The molecule has 1 aliphatic rings. The molecule has 12 heteroatoms. The fourth-order valence-corrected chi connectivity index (χ4v) is 2.59. The Morgan fingerprint density at radius 2 is 2.21 bits per heavy atom. The van der Waals surface area contributed by atoms with Crippen molar-refractivity contribution in [3.63, 3.8) is 0 Å². The van der Waals surface area contributed by atoms with Gasteiger partial charge in [-0.1, -0.05) is 15.9 Å². The van der Waals surface area contributed by atoms with Crippen LogP contribution in [0.1, 0.15) is 6.23 Å². The number of nitrogens with zero attached hydrogens (tertiary/aromatic N) is 3. The summed E-state index contributed by atoms with van der Waals surface area (Å²) in [5.41, 5.74) is -0.557. The van der Waals surface area contributed by atoms with Gasteiger partial charge in [0, 0.05) is 0 Å². The number of rotatable bonds is 4. The minimum absolute atomic E-state index is 0.0167. The number of halogens is 1. The van der Waals surface area contributed by atoms with E-state index >= 15 is 0 Å². The number of hydrogen-bond acceptors (Lipinski definition) is 8. The number of aliphatic hydroxyl groups is 3. The zero-order chi connectivity index (χ0) is 17.4. The Labute approximate surface area is 142 Å². The first-order valence-electron chi connectivity index (χ1n) is 6.91. The van der Waals surface area contributed by atoms with Crippen molar-refractivity contribution >= 4 is 38.9 Å². The smallest absolute Gasteiger partial charge is 0.280 e. The summed E-state index contributed by atoms with van der Waals surface area (Å²) in [4.78, 5) is 33.8. The number of amides is 1. The largest absolute Gasteiger partial charge is 0.394 e. The maximum Gasteiger partial charge on any atom is 0.280 e. The van der Waals surface area contributed by atoms with Gasteiger partial charge in [-0.15, -0.1) is 0 Å². The van der Waals surface area contributed by atoms with Crippen molar-refractivity contribution in [1.29, 1.82) is 0 Å². The molecule has 0 spiro atoms. The van der Waals surface area contributed by atoms with E-state index in [2.05, 4.69) is 36.2 Å². The predicted molar refractivity (Wildman–Crippen MR) is 83.6 cm³/mol. The Bertz CT molecular complexity index is 822. The Balaban J connectivity index is 2.03. The lowest BCUT2D eigenvalue weighted by Crippen LogP contribution is -2.33. The molecule has 1 aliphatic heterocycles. The highest BCUT2D eigenvalue weighted by molar-refractivity contribution is 9.09. The van der Waals surface area contributed by atoms with E-state index in [0.29, 0.717) is 0 Å². The molecule has 0 aromatic carbocycles. The zero-order valence-electron chi connectivity index (χ0n) is 12.1. The van der Waals surface area contributed by atoms with Crippen molar-refractivity contribution in [2.45, 2.75) is 24.5 Å². The molecule has 1 fully saturated rings. The molecule has 4 atom stereocenters. The molecule has 0 radical (unpaired) electrons. The quantitative estimate of drug-likeness (QED) is 0.368. The van der Waals surface area contributed by atoms with E-state index in [-0.39, 0.29) is 22.4 Å². The van der Waals surface area contributed by atoms with Crippen LogP contribution in [0, 0.1) is 0 Å². The second kappa shape index (κ2) is 6.57. The van der Waals surface area contributed by atoms with Gasteiger partial charge in [-0.3, -0.25) is 24.5 Å². The van der Waals surface area contributed by atoms with Crippen LogP contribution in [0.4, 0.5) is 5.95 Å². The van der Waals surface area contributed by atoms with Crippen molar-refractivity contribution in [3.05, 3.63) is 16.7 Å². The Hall–Kier alpha value is -1.86.